The van der Waals surface area contributed by atoms with Gasteiger partial charge >= 0.3 is 5.97 Å². The molecule has 0 saturated heterocycles. The van der Waals surface area contributed by atoms with E-state index in [1.807, 2.05) is 12.1 Å². The van der Waals surface area contributed by atoms with Crippen molar-refractivity contribution in [2.45, 2.75) is 13.8 Å². The predicted octanol–water partition coefficient (Wildman–Crippen LogP) is 5.33. The van der Waals surface area contributed by atoms with Gasteiger partial charge in [-0.25, -0.2) is 13.9 Å². The van der Waals surface area contributed by atoms with Gasteiger partial charge in [0.15, 0.2) is 0 Å². The molecule has 0 fully saturated rings. The Morgan fingerprint density at radius 1 is 1.23 bits per heavy atom. The Labute approximate surface area is 167 Å². The summed E-state index contributed by atoms with van der Waals surface area (Å²) in [5.74, 6) is -1.92. The minimum absolute atomic E-state index is 0.157. The molecule has 0 aliphatic heterocycles. The van der Waals surface area contributed by atoms with Gasteiger partial charge in [-0.2, -0.15) is 5.10 Å². The fourth-order valence-electron chi connectivity index (χ4n) is 2.61. The number of hydrogen-bond acceptors (Lipinski definition) is 3. The first kappa shape index (κ1) is 18.7. The quantitative estimate of drug-likeness (QED) is 0.490. The van der Waals surface area contributed by atoms with E-state index in [9.17, 15) is 14.3 Å². The van der Waals surface area contributed by atoms with Crippen molar-refractivity contribution < 1.29 is 14.3 Å². The summed E-state index contributed by atoms with van der Waals surface area (Å²) >= 11 is 8.35. The first-order chi connectivity index (χ1) is 12.3. The average molecular weight is 486 g/mol. The third kappa shape index (κ3) is 3.68. The molecule has 1 heterocycles. The maximum atomic E-state index is 14.6. The van der Waals surface area contributed by atoms with E-state index in [2.05, 4.69) is 33.0 Å². The standard InChI is InChI=1S/C18H14ClFIN3O2/c1-9-5-10(2)24(23-9)17-8-16(12(18(25)26)7-14(17)20)22-15-4-3-11(21)6-13(15)19/h3-8,22H,1-2H3,(H,25,26). The predicted molar refractivity (Wildman–Crippen MR) is 107 cm³/mol. The van der Waals surface area contributed by atoms with Crippen LogP contribution in [-0.4, -0.2) is 20.9 Å². The van der Waals surface area contributed by atoms with Gasteiger partial charge in [0.2, 0.25) is 0 Å². The minimum atomic E-state index is -1.24. The molecule has 0 unspecified atom stereocenters. The Kier molecular flexibility index (Phi) is 5.19. The lowest BCUT2D eigenvalue weighted by Gasteiger charge is -2.15. The third-order valence-electron chi connectivity index (χ3n) is 3.76. The fourth-order valence-corrected chi connectivity index (χ4v) is 3.52. The van der Waals surface area contributed by atoms with Crippen LogP contribution in [0, 0.1) is 23.2 Å². The largest absolute Gasteiger partial charge is 0.478 e. The van der Waals surface area contributed by atoms with Crippen LogP contribution < -0.4 is 5.32 Å². The van der Waals surface area contributed by atoms with Gasteiger partial charge in [0.25, 0.3) is 0 Å². The lowest BCUT2D eigenvalue weighted by molar-refractivity contribution is 0.0697. The van der Waals surface area contributed by atoms with Gasteiger partial charge in [0, 0.05) is 9.26 Å². The SMILES string of the molecule is Cc1cc(C)n(-c2cc(Nc3ccc(I)cc3Cl)c(C(=O)O)cc2F)n1. The molecule has 0 atom stereocenters. The fraction of sp³-hybridized carbons (Fsp3) is 0.111. The lowest BCUT2D eigenvalue weighted by Crippen LogP contribution is -2.09. The third-order valence-corrected chi connectivity index (χ3v) is 4.74. The molecule has 1 aromatic heterocycles. The maximum Gasteiger partial charge on any atom is 0.337 e. The summed E-state index contributed by atoms with van der Waals surface area (Å²) in [4.78, 5) is 11.6. The molecular weight excluding hydrogens is 472 g/mol. The summed E-state index contributed by atoms with van der Waals surface area (Å²) in [5.41, 5.74) is 2.19. The van der Waals surface area contributed by atoms with Gasteiger partial charge in [-0.1, -0.05) is 11.6 Å². The van der Waals surface area contributed by atoms with Crippen molar-refractivity contribution >= 4 is 51.5 Å². The molecule has 0 spiro atoms. The number of halogens is 3. The Balaban J connectivity index is 2.14. The molecule has 0 saturated carbocycles. The van der Waals surface area contributed by atoms with Crippen molar-refractivity contribution in [3.05, 3.63) is 67.8 Å². The highest BCUT2D eigenvalue weighted by molar-refractivity contribution is 14.1. The van der Waals surface area contributed by atoms with Crippen LogP contribution in [0.1, 0.15) is 21.7 Å². The maximum absolute atomic E-state index is 14.6. The zero-order valence-corrected chi connectivity index (χ0v) is 16.8. The van der Waals surface area contributed by atoms with Crippen molar-refractivity contribution in [3.63, 3.8) is 0 Å². The number of nitrogens with one attached hydrogen (secondary N) is 1. The normalized spacial score (nSPS) is 10.8. The molecule has 2 aromatic carbocycles. The van der Waals surface area contributed by atoms with Crippen LogP contribution in [0.4, 0.5) is 15.8 Å². The highest BCUT2D eigenvalue weighted by atomic mass is 127. The number of nitrogens with zero attached hydrogens (tertiary/aromatic N) is 2. The van der Waals surface area contributed by atoms with Crippen LogP contribution in [0.2, 0.25) is 5.02 Å². The number of hydrogen-bond donors (Lipinski definition) is 2. The summed E-state index contributed by atoms with van der Waals surface area (Å²) in [6, 6.07) is 9.54. The van der Waals surface area contributed by atoms with E-state index in [4.69, 9.17) is 11.6 Å². The van der Waals surface area contributed by atoms with E-state index in [1.165, 1.54) is 10.7 Å². The smallest absolute Gasteiger partial charge is 0.337 e. The molecule has 26 heavy (non-hydrogen) atoms. The molecule has 5 nitrogen and oxygen atoms in total. The number of aryl methyl sites for hydroxylation is 2. The number of carboxylic acid groups (broad SMARTS) is 1. The van der Waals surface area contributed by atoms with E-state index in [0.717, 1.165) is 21.0 Å². The second-order valence-corrected chi connectivity index (χ2v) is 7.40. The number of carbonyl (C=O) groups is 1. The topological polar surface area (TPSA) is 67.2 Å². The van der Waals surface area contributed by atoms with Crippen LogP contribution in [0.3, 0.4) is 0 Å². The second-order valence-electron chi connectivity index (χ2n) is 5.74. The Bertz CT molecular complexity index is 1020. The highest BCUT2D eigenvalue weighted by Gasteiger charge is 2.18. The number of carboxylic acids is 1. The van der Waals surface area contributed by atoms with Crippen molar-refractivity contribution in [3.8, 4) is 5.69 Å². The molecule has 0 aliphatic carbocycles. The van der Waals surface area contributed by atoms with E-state index < -0.39 is 11.8 Å². The van der Waals surface area contributed by atoms with E-state index in [-0.39, 0.29) is 16.9 Å². The molecule has 3 aromatic rings. The summed E-state index contributed by atoms with van der Waals surface area (Å²) in [6.45, 7) is 3.60. The molecule has 0 amide bonds. The van der Waals surface area contributed by atoms with Crippen molar-refractivity contribution in [1.82, 2.24) is 9.78 Å². The summed E-state index contributed by atoms with van der Waals surface area (Å²) < 4.78 is 16.9. The van der Waals surface area contributed by atoms with Crippen LogP contribution in [0.15, 0.2) is 36.4 Å². The zero-order valence-electron chi connectivity index (χ0n) is 13.8. The number of aromatic carboxylic acids is 1. The first-order valence-corrected chi connectivity index (χ1v) is 9.04. The zero-order chi connectivity index (χ0) is 19.0. The molecule has 3 rings (SSSR count). The molecule has 0 bridgehead atoms. The Hall–Kier alpha value is -2.13. The second kappa shape index (κ2) is 7.24. The highest BCUT2D eigenvalue weighted by Crippen LogP contribution is 2.31. The average Bonchev–Trinajstić information content (AvgIpc) is 2.89. The number of anilines is 2. The van der Waals surface area contributed by atoms with Crippen LogP contribution >= 0.6 is 34.2 Å². The summed E-state index contributed by atoms with van der Waals surface area (Å²) in [6.07, 6.45) is 0. The molecule has 0 radical (unpaired) electrons. The molecule has 0 aliphatic rings. The summed E-state index contributed by atoms with van der Waals surface area (Å²) in [5, 5.41) is 17.1. The van der Waals surface area contributed by atoms with E-state index >= 15 is 0 Å². The van der Waals surface area contributed by atoms with Gasteiger partial charge in [0.1, 0.15) is 11.5 Å². The van der Waals surface area contributed by atoms with Crippen molar-refractivity contribution in [2.24, 2.45) is 0 Å². The Morgan fingerprint density at radius 2 is 1.96 bits per heavy atom. The van der Waals surface area contributed by atoms with Crippen LogP contribution in [-0.2, 0) is 0 Å². The molecule has 8 heteroatoms. The number of benzene rings is 2. The van der Waals surface area contributed by atoms with Crippen molar-refractivity contribution in [2.75, 3.05) is 5.32 Å². The number of rotatable bonds is 4. The first-order valence-electron chi connectivity index (χ1n) is 7.59. The van der Waals surface area contributed by atoms with Gasteiger partial charge < -0.3 is 10.4 Å². The monoisotopic (exact) mass is 485 g/mol. The number of aromatic nitrogens is 2. The van der Waals surface area contributed by atoms with Gasteiger partial charge in [-0.15, -0.1) is 0 Å². The van der Waals surface area contributed by atoms with Gasteiger partial charge in [-0.3, -0.25) is 0 Å². The van der Waals surface area contributed by atoms with Crippen LogP contribution in [0.25, 0.3) is 5.69 Å². The lowest BCUT2D eigenvalue weighted by atomic mass is 10.1. The minimum Gasteiger partial charge on any atom is -0.478 e. The molecule has 134 valence electrons. The summed E-state index contributed by atoms with van der Waals surface area (Å²) in [7, 11) is 0. The molecule has 2 N–H and O–H groups in total. The van der Waals surface area contributed by atoms with E-state index in [0.29, 0.717) is 10.7 Å². The molecular formula is C18H14ClFIN3O2. The van der Waals surface area contributed by atoms with Crippen LogP contribution in [0.5, 0.6) is 0 Å². The van der Waals surface area contributed by atoms with Crippen molar-refractivity contribution in [1.29, 1.82) is 0 Å². The Morgan fingerprint density at radius 3 is 2.54 bits per heavy atom. The van der Waals surface area contributed by atoms with E-state index in [1.54, 1.807) is 26.0 Å². The van der Waals surface area contributed by atoms with Gasteiger partial charge in [-0.05, 0) is 72.8 Å². The van der Waals surface area contributed by atoms with Gasteiger partial charge in [0.05, 0.1) is 27.7 Å².